The largest absolute Gasteiger partial charge is 0.340 e. The summed E-state index contributed by atoms with van der Waals surface area (Å²) in [5.41, 5.74) is 0.892. The number of benzene rings is 1. The maximum atomic E-state index is 12.2. The van der Waals surface area contributed by atoms with Gasteiger partial charge in [-0.3, -0.25) is 4.79 Å². The Morgan fingerprint density at radius 1 is 1.23 bits per heavy atom. The van der Waals surface area contributed by atoms with Gasteiger partial charge in [-0.2, -0.15) is 4.99 Å². The first kappa shape index (κ1) is 18.9. The summed E-state index contributed by atoms with van der Waals surface area (Å²) in [6.45, 7) is 3.20. The zero-order valence-corrected chi connectivity index (χ0v) is 14.3. The Balaban J connectivity index is 0.00000242. The van der Waals surface area contributed by atoms with Crippen molar-refractivity contribution in [1.29, 1.82) is 0 Å². The van der Waals surface area contributed by atoms with Crippen molar-refractivity contribution in [3.8, 4) is 0 Å². The molecule has 0 aliphatic carbocycles. The molecule has 0 atom stereocenters. The minimum Gasteiger partial charge on any atom is -0.340 e. The number of hydrogen-bond donors (Lipinski definition) is 0. The minimum absolute atomic E-state index is 0. The van der Waals surface area contributed by atoms with Crippen molar-refractivity contribution in [2.45, 2.75) is 6.42 Å². The minimum atomic E-state index is 0. The number of nitrogens with zero attached hydrogens (tertiary/aromatic N) is 3. The molecule has 0 bridgehead atoms. The van der Waals surface area contributed by atoms with Gasteiger partial charge in [0, 0.05) is 26.2 Å². The highest BCUT2D eigenvalue weighted by atomic mass is 35.5. The van der Waals surface area contributed by atoms with Crippen molar-refractivity contribution in [3.05, 3.63) is 27.7 Å². The molecule has 1 fully saturated rings. The van der Waals surface area contributed by atoms with Crippen molar-refractivity contribution in [2.75, 3.05) is 33.2 Å². The molecule has 0 unspecified atom stereocenters. The zero-order valence-electron chi connectivity index (χ0n) is 12.0. The van der Waals surface area contributed by atoms with Crippen molar-refractivity contribution >= 4 is 53.3 Å². The first-order chi connectivity index (χ1) is 10.0. The molecule has 0 N–H and O–H groups in total. The molecule has 0 aromatic heterocycles. The number of hydrogen-bond acceptors (Lipinski definition) is 4. The van der Waals surface area contributed by atoms with Gasteiger partial charge in [0.25, 0.3) is 0 Å². The molecule has 22 heavy (non-hydrogen) atoms. The molecule has 1 aromatic carbocycles. The highest BCUT2D eigenvalue weighted by Gasteiger charge is 2.19. The molecule has 1 aliphatic heterocycles. The van der Waals surface area contributed by atoms with Crippen LogP contribution < -0.4 is 0 Å². The van der Waals surface area contributed by atoms with Crippen LogP contribution in [0.2, 0.25) is 10.0 Å². The van der Waals surface area contributed by atoms with E-state index in [1.165, 1.54) is 6.08 Å². The van der Waals surface area contributed by atoms with Gasteiger partial charge in [0.1, 0.15) is 5.69 Å². The Bertz CT molecular complexity index is 572. The van der Waals surface area contributed by atoms with E-state index in [2.05, 4.69) is 9.89 Å². The molecule has 0 radical (unpaired) electrons. The molecule has 1 aromatic rings. The van der Waals surface area contributed by atoms with Crippen LogP contribution >= 0.6 is 35.6 Å². The first-order valence-electron chi connectivity index (χ1n) is 6.53. The van der Waals surface area contributed by atoms with Crippen molar-refractivity contribution < 1.29 is 9.59 Å². The van der Waals surface area contributed by atoms with E-state index in [4.69, 9.17) is 23.2 Å². The number of rotatable bonds is 3. The van der Waals surface area contributed by atoms with E-state index in [0.717, 1.165) is 26.2 Å². The molecule has 1 aliphatic rings. The molecule has 8 heteroatoms. The third-order valence-electron chi connectivity index (χ3n) is 3.45. The molecule has 1 heterocycles. The summed E-state index contributed by atoms with van der Waals surface area (Å²) < 4.78 is 0. The fraction of sp³-hybridized carbons (Fsp3) is 0.429. The second kappa shape index (κ2) is 8.51. The maximum absolute atomic E-state index is 12.2. The molecular weight excluding hydrogens is 349 g/mol. The number of likely N-dealkylation sites (N-methyl/N-ethyl adjacent to an activating group) is 1. The van der Waals surface area contributed by atoms with Crippen LogP contribution in [0.1, 0.15) is 5.56 Å². The van der Waals surface area contributed by atoms with Crippen molar-refractivity contribution in [3.63, 3.8) is 0 Å². The van der Waals surface area contributed by atoms with Gasteiger partial charge in [0.05, 0.1) is 16.5 Å². The molecular formula is C14H16Cl3N3O2. The fourth-order valence-electron chi connectivity index (χ4n) is 2.21. The van der Waals surface area contributed by atoms with E-state index in [1.54, 1.807) is 12.1 Å². The third kappa shape index (κ3) is 4.70. The summed E-state index contributed by atoms with van der Waals surface area (Å²) in [6, 6.07) is 3.22. The third-order valence-corrected chi connectivity index (χ3v) is 4.02. The first-order valence-corrected chi connectivity index (χ1v) is 7.29. The van der Waals surface area contributed by atoms with Crippen molar-refractivity contribution in [1.82, 2.24) is 9.80 Å². The Hall–Kier alpha value is -1.10. The van der Waals surface area contributed by atoms with Gasteiger partial charge in [-0.05, 0) is 24.7 Å². The number of halogens is 3. The van der Waals surface area contributed by atoms with Crippen LogP contribution in [-0.4, -0.2) is 55.0 Å². The van der Waals surface area contributed by atoms with Crippen LogP contribution in [0.3, 0.4) is 0 Å². The number of carbonyl (C=O) groups is 1. The number of carbonyl (C=O) groups excluding carboxylic acids is 2. The Labute approximate surface area is 145 Å². The molecule has 5 nitrogen and oxygen atoms in total. The molecule has 0 saturated carbocycles. The fourth-order valence-corrected chi connectivity index (χ4v) is 2.83. The van der Waals surface area contributed by atoms with Crippen LogP contribution in [0, 0.1) is 0 Å². The number of amides is 1. The maximum Gasteiger partial charge on any atom is 0.240 e. The van der Waals surface area contributed by atoms with E-state index < -0.39 is 0 Å². The van der Waals surface area contributed by atoms with Gasteiger partial charge in [-0.25, -0.2) is 4.79 Å². The summed E-state index contributed by atoms with van der Waals surface area (Å²) in [5.74, 6) is 0.0434. The van der Waals surface area contributed by atoms with E-state index in [1.807, 2.05) is 11.9 Å². The summed E-state index contributed by atoms with van der Waals surface area (Å²) in [6.07, 6.45) is 1.64. The van der Waals surface area contributed by atoms with Crippen molar-refractivity contribution in [2.24, 2.45) is 4.99 Å². The Morgan fingerprint density at radius 2 is 1.77 bits per heavy atom. The average Bonchev–Trinajstić information content (AvgIpc) is 2.43. The summed E-state index contributed by atoms with van der Waals surface area (Å²) >= 11 is 12.0. The SMILES string of the molecule is CN1CCN(C(=O)Cc2cc(Cl)c(N=C=O)c(Cl)c2)CC1.Cl. The van der Waals surface area contributed by atoms with Crippen LogP contribution in [-0.2, 0) is 16.0 Å². The number of piperazine rings is 1. The summed E-state index contributed by atoms with van der Waals surface area (Å²) in [4.78, 5) is 30.0. The van der Waals surface area contributed by atoms with Crippen LogP contribution in [0.5, 0.6) is 0 Å². The summed E-state index contributed by atoms with van der Waals surface area (Å²) in [7, 11) is 2.04. The van der Waals surface area contributed by atoms with E-state index >= 15 is 0 Å². The standard InChI is InChI=1S/C14H15Cl2N3O2.ClH/c1-18-2-4-19(5-3-18)13(21)8-10-6-11(15)14(17-9-20)12(16)7-10;/h6-7H,2-5,8H2,1H3;1H. The van der Waals surface area contributed by atoms with E-state index in [9.17, 15) is 9.59 Å². The number of isocyanates is 1. The Morgan fingerprint density at radius 3 is 2.27 bits per heavy atom. The quantitative estimate of drug-likeness (QED) is 0.612. The lowest BCUT2D eigenvalue weighted by Crippen LogP contribution is -2.47. The lowest BCUT2D eigenvalue weighted by molar-refractivity contribution is -0.132. The predicted molar refractivity (Wildman–Crippen MR) is 89.3 cm³/mol. The van der Waals surface area contributed by atoms with Crippen LogP contribution in [0.4, 0.5) is 5.69 Å². The van der Waals surface area contributed by atoms with E-state index in [0.29, 0.717) is 5.56 Å². The topological polar surface area (TPSA) is 53.0 Å². The normalized spacial score (nSPS) is 15.0. The predicted octanol–water partition coefficient (Wildman–Crippen LogP) is 2.70. The van der Waals surface area contributed by atoms with E-state index in [-0.39, 0.29) is 40.5 Å². The second-order valence-corrected chi connectivity index (χ2v) is 5.79. The van der Waals surface area contributed by atoms with Gasteiger partial charge in [0.15, 0.2) is 0 Å². The van der Waals surface area contributed by atoms with Gasteiger partial charge in [-0.15, -0.1) is 12.4 Å². The monoisotopic (exact) mass is 363 g/mol. The van der Waals surface area contributed by atoms with Gasteiger partial charge in [0.2, 0.25) is 12.0 Å². The summed E-state index contributed by atoms with van der Waals surface area (Å²) in [5, 5.41) is 0.485. The second-order valence-electron chi connectivity index (χ2n) is 4.97. The molecule has 120 valence electrons. The van der Waals surface area contributed by atoms with Gasteiger partial charge < -0.3 is 9.80 Å². The van der Waals surface area contributed by atoms with Crippen LogP contribution in [0.15, 0.2) is 17.1 Å². The zero-order chi connectivity index (χ0) is 15.4. The highest BCUT2D eigenvalue weighted by Crippen LogP contribution is 2.34. The number of aliphatic imine (C=N–C) groups is 1. The lowest BCUT2D eigenvalue weighted by Gasteiger charge is -2.32. The Kier molecular flexibility index (Phi) is 7.33. The smallest absolute Gasteiger partial charge is 0.240 e. The molecule has 1 amide bonds. The van der Waals surface area contributed by atoms with Crippen LogP contribution in [0.25, 0.3) is 0 Å². The van der Waals surface area contributed by atoms with Gasteiger partial charge >= 0.3 is 0 Å². The molecule has 1 saturated heterocycles. The molecule has 0 spiro atoms. The molecule has 2 rings (SSSR count). The lowest BCUT2D eigenvalue weighted by atomic mass is 10.1. The highest BCUT2D eigenvalue weighted by molar-refractivity contribution is 6.38. The average molecular weight is 365 g/mol. The van der Waals surface area contributed by atoms with Gasteiger partial charge in [-0.1, -0.05) is 23.2 Å².